The highest BCUT2D eigenvalue weighted by Gasteiger charge is 2.45. The lowest BCUT2D eigenvalue weighted by Crippen LogP contribution is -2.38. The highest BCUT2D eigenvalue weighted by Crippen LogP contribution is 2.41. The summed E-state index contributed by atoms with van der Waals surface area (Å²) in [5.74, 6) is -0.416. The van der Waals surface area contributed by atoms with Crippen LogP contribution in [-0.4, -0.2) is 79.2 Å². The molecule has 2 aromatic rings. The SMILES string of the molecule is O=C1C(=O)N(CCCN2CCOCC2)[C@H](c2ccc(Br)cc2)C1=C(O)c1ccc2c(c1)OCCO2. The predicted molar refractivity (Wildman–Crippen MR) is 132 cm³/mol. The first-order valence-corrected chi connectivity index (χ1v) is 12.6. The molecule has 3 aliphatic rings. The minimum absolute atomic E-state index is 0.0837. The van der Waals surface area contributed by atoms with Crippen LogP contribution in [0.15, 0.2) is 52.5 Å². The number of fused-ring (bicyclic) bond motifs is 1. The van der Waals surface area contributed by atoms with Crippen LogP contribution in [0.5, 0.6) is 11.5 Å². The first-order valence-electron chi connectivity index (χ1n) is 11.8. The van der Waals surface area contributed by atoms with E-state index in [0.717, 1.165) is 29.7 Å². The number of nitrogens with zero attached hydrogens (tertiary/aromatic N) is 2. The molecule has 1 N–H and O–H groups in total. The van der Waals surface area contributed by atoms with E-state index < -0.39 is 17.7 Å². The Morgan fingerprint density at radius 3 is 2.40 bits per heavy atom. The number of likely N-dealkylation sites (tertiary alicyclic amines) is 1. The molecule has 0 saturated carbocycles. The second kappa shape index (κ2) is 10.4. The van der Waals surface area contributed by atoms with Gasteiger partial charge in [0.25, 0.3) is 11.7 Å². The van der Waals surface area contributed by atoms with Crippen molar-refractivity contribution < 1.29 is 28.9 Å². The van der Waals surface area contributed by atoms with Crippen molar-refractivity contribution in [3.8, 4) is 11.5 Å². The van der Waals surface area contributed by atoms with Crippen LogP contribution in [0.4, 0.5) is 0 Å². The number of benzene rings is 2. The van der Waals surface area contributed by atoms with Crippen LogP contribution in [0, 0.1) is 0 Å². The molecule has 2 saturated heterocycles. The fraction of sp³-hybridized carbons (Fsp3) is 0.385. The van der Waals surface area contributed by atoms with Gasteiger partial charge in [-0.1, -0.05) is 28.1 Å². The van der Waals surface area contributed by atoms with Crippen molar-refractivity contribution in [2.75, 3.05) is 52.6 Å². The number of aliphatic hydroxyl groups is 1. The van der Waals surface area contributed by atoms with Crippen LogP contribution in [0.2, 0.25) is 0 Å². The number of hydrogen-bond acceptors (Lipinski definition) is 7. The normalized spacial score (nSPS) is 22.0. The molecule has 0 spiro atoms. The number of Topliss-reactive ketones (excluding diaryl/α,β-unsaturated/α-hetero) is 1. The number of amides is 1. The molecule has 0 unspecified atom stereocenters. The van der Waals surface area contributed by atoms with Crippen LogP contribution >= 0.6 is 15.9 Å². The molecule has 9 heteroatoms. The number of carbonyl (C=O) groups is 2. The van der Waals surface area contributed by atoms with Crippen molar-refractivity contribution in [2.45, 2.75) is 12.5 Å². The monoisotopic (exact) mass is 542 g/mol. The number of morpholine rings is 1. The van der Waals surface area contributed by atoms with Gasteiger partial charge in [0.05, 0.1) is 24.8 Å². The van der Waals surface area contributed by atoms with Gasteiger partial charge in [-0.2, -0.15) is 0 Å². The van der Waals surface area contributed by atoms with Gasteiger partial charge in [0.1, 0.15) is 19.0 Å². The van der Waals surface area contributed by atoms with E-state index in [1.807, 2.05) is 24.3 Å². The van der Waals surface area contributed by atoms with Gasteiger partial charge in [-0.15, -0.1) is 0 Å². The van der Waals surface area contributed by atoms with Gasteiger partial charge < -0.3 is 24.2 Å². The first kappa shape index (κ1) is 23.8. The lowest BCUT2D eigenvalue weighted by molar-refractivity contribution is -0.140. The van der Waals surface area contributed by atoms with Crippen LogP contribution in [-0.2, 0) is 14.3 Å². The summed E-state index contributed by atoms with van der Waals surface area (Å²) < 4.78 is 17.5. The molecular weight excluding hydrogens is 516 g/mol. The molecule has 1 atom stereocenters. The average Bonchev–Trinajstić information content (AvgIpc) is 3.14. The van der Waals surface area contributed by atoms with E-state index in [9.17, 15) is 14.7 Å². The maximum Gasteiger partial charge on any atom is 0.295 e. The van der Waals surface area contributed by atoms with Crippen molar-refractivity contribution in [2.24, 2.45) is 0 Å². The second-order valence-electron chi connectivity index (χ2n) is 8.71. The maximum absolute atomic E-state index is 13.2. The molecule has 2 fully saturated rings. The van der Waals surface area contributed by atoms with Gasteiger partial charge >= 0.3 is 0 Å². The summed E-state index contributed by atoms with van der Waals surface area (Å²) >= 11 is 3.44. The van der Waals surface area contributed by atoms with E-state index in [-0.39, 0.29) is 11.3 Å². The van der Waals surface area contributed by atoms with Crippen molar-refractivity contribution in [1.82, 2.24) is 9.80 Å². The van der Waals surface area contributed by atoms with Crippen LogP contribution in [0.25, 0.3) is 5.76 Å². The Hall–Kier alpha value is -2.88. The minimum atomic E-state index is -0.684. The number of rotatable bonds is 6. The molecule has 184 valence electrons. The number of carbonyl (C=O) groups excluding carboxylic acids is 2. The van der Waals surface area contributed by atoms with E-state index in [0.29, 0.717) is 56.5 Å². The van der Waals surface area contributed by atoms with Crippen LogP contribution in [0.3, 0.4) is 0 Å². The second-order valence-corrected chi connectivity index (χ2v) is 9.63. The number of aliphatic hydroxyl groups excluding tert-OH is 1. The van der Waals surface area contributed by atoms with Crippen molar-refractivity contribution >= 4 is 33.4 Å². The Morgan fingerprint density at radius 2 is 1.66 bits per heavy atom. The minimum Gasteiger partial charge on any atom is -0.507 e. The van der Waals surface area contributed by atoms with E-state index >= 15 is 0 Å². The predicted octanol–water partition coefficient (Wildman–Crippen LogP) is 3.36. The zero-order chi connectivity index (χ0) is 24.4. The summed E-state index contributed by atoms with van der Waals surface area (Å²) in [6.07, 6.45) is 0.712. The fourth-order valence-electron chi connectivity index (χ4n) is 4.74. The summed E-state index contributed by atoms with van der Waals surface area (Å²) in [5, 5.41) is 11.3. The highest BCUT2D eigenvalue weighted by molar-refractivity contribution is 9.10. The topological polar surface area (TPSA) is 88.5 Å². The average molecular weight is 543 g/mol. The Kier molecular flexibility index (Phi) is 7.08. The molecule has 3 aliphatic heterocycles. The molecule has 3 heterocycles. The van der Waals surface area contributed by atoms with Crippen LogP contribution < -0.4 is 9.47 Å². The molecule has 35 heavy (non-hydrogen) atoms. The van der Waals surface area contributed by atoms with E-state index in [2.05, 4.69) is 20.8 Å². The number of ketones is 1. The van der Waals surface area contributed by atoms with Gasteiger partial charge in [-0.3, -0.25) is 14.5 Å². The summed E-state index contributed by atoms with van der Waals surface area (Å²) in [7, 11) is 0. The van der Waals surface area contributed by atoms with Crippen molar-refractivity contribution in [3.63, 3.8) is 0 Å². The largest absolute Gasteiger partial charge is 0.507 e. The number of hydrogen-bond donors (Lipinski definition) is 1. The molecule has 0 aromatic heterocycles. The third-order valence-electron chi connectivity index (χ3n) is 6.52. The Balaban J connectivity index is 1.48. The van der Waals surface area contributed by atoms with Gasteiger partial charge in [0.15, 0.2) is 11.5 Å². The molecule has 0 aliphatic carbocycles. The lowest BCUT2D eigenvalue weighted by Gasteiger charge is -2.29. The van der Waals surface area contributed by atoms with E-state index in [1.165, 1.54) is 0 Å². The highest BCUT2D eigenvalue weighted by atomic mass is 79.9. The summed E-state index contributed by atoms with van der Waals surface area (Å²) in [5.41, 5.74) is 1.25. The van der Waals surface area contributed by atoms with Gasteiger partial charge in [-0.25, -0.2) is 0 Å². The zero-order valence-corrected chi connectivity index (χ0v) is 20.8. The fourth-order valence-corrected chi connectivity index (χ4v) is 5.00. The standard InChI is InChI=1S/C26H27BrN2O6/c27-19-5-2-17(3-6-19)23-22(24(30)18-4-7-20-21(16-18)35-15-14-34-20)25(31)26(32)29(23)9-1-8-28-10-12-33-13-11-28/h2-7,16,23,30H,1,8-15H2/t23-/m1/s1. The molecule has 5 rings (SSSR count). The number of halogens is 1. The molecule has 0 radical (unpaired) electrons. The van der Waals surface area contributed by atoms with Crippen molar-refractivity contribution in [3.05, 3.63) is 63.6 Å². The Morgan fingerprint density at radius 1 is 0.943 bits per heavy atom. The lowest BCUT2D eigenvalue weighted by atomic mass is 9.95. The van der Waals surface area contributed by atoms with Gasteiger partial charge in [0, 0.05) is 36.2 Å². The first-order chi connectivity index (χ1) is 17.0. The van der Waals surface area contributed by atoms with Crippen LogP contribution in [0.1, 0.15) is 23.6 Å². The van der Waals surface area contributed by atoms with E-state index in [1.54, 1.807) is 23.1 Å². The Labute approximate surface area is 212 Å². The molecule has 0 bridgehead atoms. The summed E-state index contributed by atoms with van der Waals surface area (Å²) in [6.45, 7) is 5.21. The zero-order valence-electron chi connectivity index (χ0n) is 19.2. The van der Waals surface area contributed by atoms with E-state index in [4.69, 9.17) is 14.2 Å². The maximum atomic E-state index is 13.2. The summed E-state index contributed by atoms with van der Waals surface area (Å²) in [4.78, 5) is 30.3. The Bertz CT molecular complexity index is 1140. The van der Waals surface area contributed by atoms with Crippen molar-refractivity contribution in [1.29, 1.82) is 0 Å². The molecular formula is C26H27BrN2O6. The third-order valence-corrected chi connectivity index (χ3v) is 7.05. The van der Waals surface area contributed by atoms with Gasteiger partial charge in [0.2, 0.25) is 0 Å². The molecule has 8 nitrogen and oxygen atoms in total. The quantitative estimate of drug-likeness (QED) is 0.340. The molecule has 2 aromatic carbocycles. The summed E-state index contributed by atoms with van der Waals surface area (Å²) in [6, 6.07) is 11.8. The number of ether oxygens (including phenoxy) is 3. The van der Waals surface area contributed by atoms with Gasteiger partial charge in [-0.05, 0) is 42.3 Å². The molecule has 1 amide bonds. The smallest absolute Gasteiger partial charge is 0.295 e. The third kappa shape index (κ3) is 4.94.